The summed E-state index contributed by atoms with van der Waals surface area (Å²) in [6.07, 6.45) is 0.153. The Bertz CT molecular complexity index is 1360. The highest BCUT2D eigenvalue weighted by Crippen LogP contribution is 2.89. The number of aliphatic hydroxyl groups excluding tert-OH is 1. The topological polar surface area (TPSA) is 118 Å². The SMILES string of the molecule is CCCCOC(=O)N[C@@H](c1ccc(O)cc1)[C@@H](O)C(=O)OC1CC2C(C)(C)C1(C)[C@@]13CC(C)c4ccccc4[C@@]21O3. The molecule has 4 aliphatic rings. The average molecular weight is 564 g/mol. The number of rotatable bonds is 8. The molecule has 4 unspecified atom stereocenters. The summed E-state index contributed by atoms with van der Waals surface area (Å²) in [5.74, 6) is -0.332. The van der Waals surface area contributed by atoms with Crippen molar-refractivity contribution in [2.75, 3.05) is 6.61 Å². The van der Waals surface area contributed by atoms with Crippen LogP contribution in [0, 0.1) is 16.7 Å². The van der Waals surface area contributed by atoms with Crippen LogP contribution in [0.25, 0.3) is 0 Å². The Morgan fingerprint density at radius 2 is 1.83 bits per heavy atom. The molecule has 8 heteroatoms. The van der Waals surface area contributed by atoms with Gasteiger partial charge in [-0.05, 0) is 59.4 Å². The van der Waals surface area contributed by atoms with Crippen LogP contribution in [-0.4, -0.2) is 46.7 Å². The van der Waals surface area contributed by atoms with Gasteiger partial charge in [0.25, 0.3) is 0 Å². The summed E-state index contributed by atoms with van der Waals surface area (Å²) in [5.41, 5.74) is 1.55. The Balaban J connectivity index is 1.26. The lowest BCUT2D eigenvalue weighted by atomic mass is 9.58. The van der Waals surface area contributed by atoms with E-state index >= 15 is 0 Å². The van der Waals surface area contributed by atoms with Gasteiger partial charge in [-0.2, -0.15) is 0 Å². The Kier molecular flexibility index (Phi) is 6.47. The molecule has 3 N–H and O–H groups in total. The van der Waals surface area contributed by atoms with E-state index in [1.165, 1.54) is 23.3 Å². The lowest BCUT2D eigenvalue weighted by molar-refractivity contribution is -0.173. The lowest BCUT2D eigenvalue weighted by Gasteiger charge is -2.46. The molecule has 3 aliphatic carbocycles. The van der Waals surface area contributed by atoms with Crippen molar-refractivity contribution in [3.05, 3.63) is 65.2 Å². The number of esters is 1. The Hall–Kier alpha value is -3.10. The minimum Gasteiger partial charge on any atom is -0.508 e. The van der Waals surface area contributed by atoms with E-state index in [1.807, 2.05) is 6.92 Å². The number of ether oxygens (including phenoxy) is 3. The van der Waals surface area contributed by atoms with Gasteiger partial charge in [0.05, 0.1) is 12.6 Å². The number of phenols is 1. The van der Waals surface area contributed by atoms with Gasteiger partial charge in [0, 0.05) is 11.3 Å². The number of benzene rings is 2. The number of alkyl carbamates (subject to hydrolysis) is 1. The van der Waals surface area contributed by atoms with Crippen molar-refractivity contribution in [3.63, 3.8) is 0 Å². The maximum Gasteiger partial charge on any atom is 0.407 e. The number of aliphatic hydroxyl groups is 1. The second-order valence-electron chi connectivity index (χ2n) is 13.1. The molecule has 2 bridgehead atoms. The molecule has 8 atom stereocenters. The zero-order chi connectivity index (χ0) is 29.4. The summed E-state index contributed by atoms with van der Waals surface area (Å²) in [6.45, 7) is 11.2. The summed E-state index contributed by atoms with van der Waals surface area (Å²) in [6, 6.07) is 13.4. The highest BCUT2D eigenvalue weighted by atomic mass is 16.6. The molecule has 0 spiro atoms. The van der Waals surface area contributed by atoms with Crippen LogP contribution >= 0.6 is 0 Å². The van der Waals surface area contributed by atoms with E-state index in [1.54, 1.807) is 12.1 Å². The molecule has 1 saturated heterocycles. The van der Waals surface area contributed by atoms with E-state index in [0.29, 0.717) is 24.3 Å². The molecule has 0 radical (unpaired) electrons. The monoisotopic (exact) mass is 563 g/mol. The fraction of sp³-hybridized carbons (Fsp3) is 0.576. The van der Waals surface area contributed by atoms with Crippen molar-refractivity contribution >= 4 is 12.1 Å². The van der Waals surface area contributed by atoms with E-state index in [0.717, 1.165) is 12.8 Å². The van der Waals surface area contributed by atoms with Gasteiger partial charge in [-0.3, -0.25) is 0 Å². The molecule has 0 aromatic heterocycles. The number of epoxide rings is 1. The van der Waals surface area contributed by atoms with Crippen molar-refractivity contribution in [2.24, 2.45) is 16.7 Å². The number of carbonyl (C=O) groups is 2. The number of nitrogens with one attached hydrogen (secondary N) is 1. The van der Waals surface area contributed by atoms with Crippen LogP contribution in [-0.2, 0) is 24.6 Å². The summed E-state index contributed by atoms with van der Waals surface area (Å²) in [5, 5.41) is 23.7. The Morgan fingerprint density at radius 3 is 2.54 bits per heavy atom. The first-order valence-corrected chi connectivity index (χ1v) is 14.8. The fourth-order valence-electron chi connectivity index (χ4n) is 8.76. The van der Waals surface area contributed by atoms with Crippen molar-refractivity contribution in [1.29, 1.82) is 0 Å². The quantitative estimate of drug-likeness (QED) is 0.221. The molecular formula is C33H41NO7. The van der Waals surface area contributed by atoms with E-state index in [4.69, 9.17) is 14.2 Å². The maximum atomic E-state index is 13.6. The molecule has 41 heavy (non-hydrogen) atoms. The molecule has 1 heterocycles. The lowest BCUT2D eigenvalue weighted by Crippen LogP contribution is -2.53. The summed E-state index contributed by atoms with van der Waals surface area (Å²) >= 11 is 0. The predicted molar refractivity (Wildman–Crippen MR) is 151 cm³/mol. The summed E-state index contributed by atoms with van der Waals surface area (Å²) in [4.78, 5) is 26.2. The van der Waals surface area contributed by atoms with E-state index in [2.05, 4.69) is 57.3 Å². The molecule has 220 valence electrons. The average Bonchev–Trinajstić information content (AvgIpc) is 3.57. The van der Waals surface area contributed by atoms with Crippen molar-refractivity contribution in [3.8, 4) is 5.75 Å². The number of unbranched alkanes of at least 4 members (excludes halogenated alkanes) is 1. The van der Waals surface area contributed by atoms with Crippen molar-refractivity contribution in [2.45, 2.75) is 95.7 Å². The van der Waals surface area contributed by atoms with Gasteiger partial charge in [-0.1, -0.05) is 77.4 Å². The largest absolute Gasteiger partial charge is 0.508 e. The first kappa shape index (κ1) is 28.0. The number of hydrogen-bond donors (Lipinski definition) is 3. The molecule has 1 aliphatic heterocycles. The highest BCUT2D eigenvalue weighted by Gasteiger charge is 2.95. The molecule has 2 aromatic rings. The van der Waals surface area contributed by atoms with Gasteiger partial charge in [0.15, 0.2) is 6.10 Å². The van der Waals surface area contributed by atoms with Crippen LogP contribution in [0.2, 0.25) is 0 Å². The smallest absolute Gasteiger partial charge is 0.407 e. The first-order chi connectivity index (χ1) is 19.4. The zero-order valence-electron chi connectivity index (χ0n) is 24.5. The molecule has 1 amide bonds. The van der Waals surface area contributed by atoms with E-state index in [-0.39, 0.29) is 29.3 Å². The summed E-state index contributed by atoms with van der Waals surface area (Å²) < 4.78 is 18.3. The molecule has 2 saturated carbocycles. The molecule has 3 fully saturated rings. The van der Waals surface area contributed by atoms with Crippen LogP contribution < -0.4 is 5.32 Å². The fourth-order valence-corrected chi connectivity index (χ4v) is 8.76. The molecule has 8 nitrogen and oxygen atoms in total. The van der Waals surface area contributed by atoms with E-state index < -0.39 is 41.3 Å². The standard InChI is InChI=1S/C33H41NO7/c1-6-7-16-39-29(38)34-26(20-12-14-21(35)15-13-20)27(36)28(37)40-25-17-24-30(3,4)31(25,5)32-18-19(2)22-10-8-9-11-23(22)33(24,32)41-32/h8-15,19,24-27,35-36H,6-7,16-18H2,1-5H3,(H,34,38)/t19?,24?,25?,26-,27+,31?,32-,33+/m0/s1. The van der Waals surface area contributed by atoms with Crippen LogP contribution in [0.5, 0.6) is 5.75 Å². The van der Waals surface area contributed by atoms with Gasteiger partial charge in [0.2, 0.25) is 0 Å². The first-order valence-electron chi connectivity index (χ1n) is 14.8. The Labute approximate surface area is 241 Å². The number of phenolic OH excluding ortho intramolecular Hbond substituents is 1. The third kappa shape index (κ3) is 3.65. The minimum atomic E-state index is -1.68. The van der Waals surface area contributed by atoms with Gasteiger partial charge in [0.1, 0.15) is 23.1 Å². The normalized spacial score (nSPS) is 34.9. The predicted octanol–water partition coefficient (Wildman–Crippen LogP) is 5.47. The molecule has 2 aromatic carbocycles. The second-order valence-corrected chi connectivity index (χ2v) is 13.1. The van der Waals surface area contributed by atoms with Crippen molar-refractivity contribution in [1.82, 2.24) is 5.32 Å². The number of carbonyl (C=O) groups excluding carboxylic acids is 2. The molecular weight excluding hydrogens is 522 g/mol. The number of amides is 1. The van der Waals surface area contributed by atoms with E-state index in [9.17, 15) is 19.8 Å². The van der Waals surface area contributed by atoms with Gasteiger partial charge < -0.3 is 29.7 Å². The van der Waals surface area contributed by atoms with Gasteiger partial charge in [-0.15, -0.1) is 0 Å². The highest BCUT2D eigenvalue weighted by molar-refractivity contribution is 5.78. The van der Waals surface area contributed by atoms with Crippen LogP contribution in [0.4, 0.5) is 4.79 Å². The number of hydrogen-bond acceptors (Lipinski definition) is 7. The number of fused-ring (bicyclic) bond motifs is 3. The Morgan fingerprint density at radius 1 is 1.12 bits per heavy atom. The third-order valence-electron chi connectivity index (χ3n) is 11.1. The maximum absolute atomic E-state index is 13.6. The van der Waals surface area contributed by atoms with Gasteiger partial charge >= 0.3 is 12.1 Å². The second kappa shape index (κ2) is 9.46. The number of aromatic hydroxyl groups is 1. The van der Waals surface area contributed by atoms with Crippen LogP contribution in [0.1, 0.15) is 89.0 Å². The third-order valence-corrected chi connectivity index (χ3v) is 11.1. The zero-order valence-corrected chi connectivity index (χ0v) is 24.5. The van der Waals surface area contributed by atoms with Crippen molar-refractivity contribution < 1.29 is 34.0 Å². The van der Waals surface area contributed by atoms with Crippen LogP contribution in [0.15, 0.2) is 48.5 Å². The molecule has 6 rings (SSSR count). The van der Waals surface area contributed by atoms with Gasteiger partial charge in [-0.25, -0.2) is 9.59 Å². The van der Waals surface area contributed by atoms with Crippen LogP contribution in [0.3, 0.4) is 0 Å². The minimum absolute atomic E-state index is 0.0303. The summed E-state index contributed by atoms with van der Waals surface area (Å²) in [7, 11) is 0.